The highest BCUT2D eigenvalue weighted by molar-refractivity contribution is 7.92. The maximum absolute atomic E-state index is 11.3. The molecule has 0 saturated heterocycles. The second-order valence-corrected chi connectivity index (χ2v) is 7.10. The first-order valence-corrected chi connectivity index (χ1v) is 8.70. The fourth-order valence-electron chi connectivity index (χ4n) is 2.69. The Morgan fingerprint density at radius 1 is 1.21 bits per heavy atom. The monoisotopic (exact) mass is 282 g/mol. The van der Waals surface area contributed by atoms with Crippen LogP contribution >= 0.6 is 0 Å². The SMILES string of the molecule is CCC1CCC(Nc2ccccc2NS(C)(=O)=O)C1. The molecule has 1 aromatic carbocycles. The summed E-state index contributed by atoms with van der Waals surface area (Å²) in [7, 11) is -3.24. The van der Waals surface area contributed by atoms with Crippen LogP contribution in [0.3, 0.4) is 0 Å². The summed E-state index contributed by atoms with van der Waals surface area (Å²) < 4.78 is 25.3. The molecule has 0 aliphatic heterocycles. The topological polar surface area (TPSA) is 58.2 Å². The smallest absolute Gasteiger partial charge is 0.229 e. The van der Waals surface area contributed by atoms with Crippen LogP contribution in [-0.2, 0) is 10.0 Å². The lowest BCUT2D eigenvalue weighted by atomic mass is 10.1. The number of nitrogens with one attached hydrogen (secondary N) is 2. The molecule has 5 heteroatoms. The molecule has 2 rings (SSSR count). The minimum Gasteiger partial charge on any atom is -0.381 e. The molecule has 0 aromatic heterocycles. The molecule has 19 heavy (non-hydrogen) atoms. The second-order valence-electron chi connectivity index (χ2n) is 5.35. The molecule has 2 unspecified atom stereocenters. The third kappa shape index (κ3) is 4.13. The van der Waals surface area contributed by atoms with E-state index in [1.165, 1.54) is 25.5 Å². The molecule has 0 amide bonds. The van der Waals surface area contributed by atoms with Crippen LogP contribution in [0.2, 0.25) is 0 Å². The molecular weight excluding hydrogens is 260 g/mol. The third-order valence-electron chi connectivity index (χ3n) is 3.70. The molecule has 2 N–H and O–H groups in total. The van der Waals surface area contributed by atoms with Gasteiger partial charge in [-0.15, -0.1) is 0 Å². The van der Waals surface area contributed by atoms with Gasteiger partial charge in [0, 0.05) is 6.04 Å². The Balaban J connectivity index is 2.08. The van der Waals surface area contributed by atoms with Crippen LogP contribution in [0.5, 0.6) is 0 Å². The number of hydrogen-bond donors (Lipinski definition) is 2. The molecule has 0 bridgehead atoms. The van der Waals surface area contributed by atoms with E-state index in [9.17, 15) is 8.42 Å². The number of sulfonamides is 1. The fraction of sp³-hybridized carbons (Fsp3) is 0.571. The van der Waals surface area contributed by atoms with Gasteiger partial charge in [0.25, 0.3) is 0 Å². The minimum absolute atomic E-state index is 0.451. The summed E-state index contributed by atoms with van der Waals surface area (Å²) in [6, 6.07) is 7.92. The zero-order chi connectivity index (χ0) is 13.9. The summed E-state index contributed by atoms with van der Waals surface area (Å²) >= 11 is 0. The van der Waals surface area contributed by atoms with Gasteiger partial charge in [-0.05, 0) is 37.3 Å². The zero-order valence-electron chi connectivity index (χ0n) is 11.5. The summed E-state index contributed by atoms with van der Waals surface area (Å²) in [5, 5.41) is 3.47. The Morgan fingerprint density at radius 2 is 1.89 bits per heavy atom. The van der Waals surface area contributed by atoms with E-state index in [1.54, 1.807) is 6.07 Å². The van der Waals surface area contributed by atoms with E-state index in [-0.39, 0.29) is 0 Å². The lowest BCUT2D eigenvalue weighted by Gasteiger charge is -2.18. The first kappa shape index (κ1) is 14.2. The molecule has 0 heterocycles. The van der Waals surface area contributed by atoms with Crippen LogP contribution in [0.15, 0.2) is 24.3 Å². The Hall–Kier alpha value is -1.23. The zero-order valence-corrected chi connectivity index (χ0v) is 12.3. The van der Waals surface area contributed by atoms with Crippen molar-refractivity contribution in [2.75, 3.05) is 16.3 Å². The van der Waals surface area contributed by atoms with Gasteiger partial charge >= 0.3 is 0 Å². The van der Waals surface area contributed by atoms with Crippen molar-refractivity contribution in [1.82, 2.24) is 0 Å². The first-order chi connectivity index (χ1) is 8.98. The van der Waals surface area contributed by atoms with Crippen LogP contribution in [0, 0.1) is 5.92 Å². The van der Waals surface area contributed by atoms with Crippen molar-refractivity contribution in [3.05, 3.63) is 24.3 Å². The number of para-hydroxylation sites is 2. The number of hydrogen-bond acceptors (Lipinski definition) is 3. The predicted molar refractivity (Wildman–Crippen MR) is 80.0 cm³/mol. The molecule has 2 atom stereocenters. The number of benzene rings is 1. The normalized spacial score (nSPS) is 23.3. The van der Waals surface area contributed by atoms with Crippen LogP contribution in [-0.4, -0.2) is 20.7 Å². The average Bonchev–Trinajstić information content (AvgIpc) is 2.78. The number of anilines is 2. The Kier molecular flexibility index (Phi) is 4.34. The van der Waals surface area contributed by atoms with Gasteiger partial charge in [0.2, 0.25) is 10.0 Å². The van der Waals surface area contributed by atoms with Gasteiger partial charge < -0.3 is 5.32 Å². The highest BCUT2D eigenvalue weighted by Gasteiger charge is 2.23. The highest BCUT2D eigenvalue weighted by Crippen LogP contribution is 2.32. The van der Waals surface area contributed by atoms with Crippen molar-refractivity contribution in [1.29, 1.82) is 0 Å². The van der Waals surface area contributed by atoms with Gasteiger partial charge in [-0.25, -0.2) is 8.42 Å². The molecule has 0 spiro atoms. The summed E-state index contributed by atoms with van der Waals surface area (Å²) in [5.74, 6) is 0.799. The second kappa shape index (κ2) is 5.82. The van der Waals surface area contributed by atoms with E-state index in [0.717, 1.165) is 18.0 Å². The minimum atomic E-state index is -3.24. The summed E-state index contributed by atoms with van der Waals surface area (Å²) in [6.07, 6.45) is 5.99. The third-order valence-corrected chi connectivity index (χ3v) is 4.29. The Morgan fingerprint density at radius 3 is 2.47 bits per heavy atom. The lowest BCUT2D eigenvalue weighted by molar-refractivity contribution is 0.525. The molecular formula is C14H22N2O2S. The van der Waals surface area contributed by atoms with Gasteiger partial charge in [-0.3, -0.25) is 4.72 Å². The van der Waals surface area contributed by atoms with E-state index < -0.39 is 10.0 Å². The van der Waals surface area contributed by atoms with Gasteiger partial charge in [0.05, 0.1) is 17.6 Å². The van der Waals surface area contributed by atoms with Gasteiger partial charge in [0.1, 0.15) is 0 Å². The van der Waals surface area contributed by atoms with Crippen molar-refractivity contribution >= 4 is 21.4 Å². The molecule has 0 radical (unpaired) electrons. The predicted octanol–water partition coefficient (Wildman–Crippen LogP) is 3.05. The van der Waals surface area contributed by atoms with E-state index in [1.807, 2.05) is 18.2 Å². The van der Waals surface area contributed by atoms with Crippen molar-refractivity contribution < 1.29 is 8.42 Å². The van der Waals surface area contributed by atoms with E-state index in [4.69, 9.17) is 0 Å². The average molecular weight is 282 g/mol. The van der Waals surface area contributed by atoms with E-state index in [0.29, 0.717) is 11.7 Å². The van der Waals surface area contributed by atoms with Gasteiger partial charge in [-0.1, -0.05) is 25.5 Å². The molecule has 1 aliphatic rings. The molecule has 1 aliphatic carbocycles. The highest BCUT2D eigenvalue weighted by atomic mass is 32.2. The maximum atomic E-state index is 11.3. The van der Waals surface area contributed by atoms with Crippen LogP contribution < -0.4 is 10.0 Å². The first-order valence-electron chi connectivity index (χ1n) is 6.81. The van der Waals surface area contributed by atoms with E-state index >= 15 is 0 Å². The van der Waals surface area contributed by atoms with Crippen LogP contribution in [0.1, 0.15) is 32.6 Å². The molecule has 1 saturated carbocycles. The van der Waals surface area contributed by atoms with Crippen molar-refractivity contribution in [2.45, 2.75) is 38.6 Å². The van der Waals surface area contributed by atoms with Gasteiger partial charge in [-0.2, -0.15) is 0 Å². The number of rotatable bonds is 5. The van der Waals surface area contributed by atoms with Crippen LogP contribution in [0.25, 0.3) is 0 Å². The Labute approximate surface area is 115 Å². The summed E-state index contributed by atoms with van der Waals surface area (Å²) in [4.78, 5) is 0. The molecule has 1 aromatic rings. The lowest BCUT2D eigenvalue weighted by Crippen LogP contribution is -2.18. The quantitative estimate of drug-likeness (QED) is 0.872. The molecule has 1 fully saturated rings. The maximum Gasteiger partial charge on any atom is 0.229 e. The fourth-order valence-corrected chi connectivity index (χ4v) is 3.27. The largest absolute Gasteiger partial charge is 0.381 e. The van der Waals surface area contributed by atoms with Crippen molar-refractivity contribution in [3.8, 4) is 0 Å². The van der Waals surface area contributed by atoms with Gasteiger partial charge in [0.15, 0.2) is 0 Å². The van der Waals surface area contributed by atoms with Crippen molar-refractivity contribution in [2.24, 2.45) is 5.92 Å². The summed E-state index contributed by atoms with van der Waals surface area (Å²) in [6.45, 7) is 2.23. The molecule has 106 valence electrons. The van der Waals surface area contributed by atoms with Crippen molar-refractivity contribution in [3.63, 3.8) is 0 Å². The van der Waals surface area contributed by atoms with Crippen LogP contribution in [0.4, 0.5) is 11.4 Å². The van der Waals surface area contributed by atoms with E-state index in [2.05, 4.69) is 17.0 Å². The molecule has 4 nitrogen and oxygen atoms in total. The summed E-state index contributed by atoms with van der Waals surface area (Å²) in [5.41, 5.74) is 1.50. The standard InChI is InChI=1S/C14H22N2O2S/c1-3-11-8-9-12(10-11)15-13-6-4-5-7-14(13)16-19(2,17)18/h4-7,11-12,15-16H,3,8-10H2,1-2H3. The Bertz CT molecular complexity index is 528.